The number of ether oxygens (including phenoxy) is 2. The Morgan fingerprint density at radius 2 is 1.20 bits per heavy atom. The van der Waals surface area contributed by atoms with Gasteiger partial charge in [-0.15, -0.1) is 8.93 Å². The summed E-state index contributed by atoms with van der Waals surface area (Å²) in [6, 6.07) is 0. The molecule has 0 aliphatic carbocycles. The predicted molar refractivity (Wildman–Crippen MR) is 166 cm³/mol. The molecule has 0 rings (SSSR count). The fraction of sp³-hybridized carbons (Fsp3) is 0.815. The number of amides is 2. The van der Waals surface area contributed by atoms with Gasteiger partial charge in [-0.05, 0) is 34.0 Å². The molecule has 0 aromatic carbocycles. The third-order valence-electron chi connectivity index (χ3n) is 6.18. The van der Waals surface area contributed by atoms with Crippen molar-refractivity contribution >= 4 is 55.3 Å². The van der Waals surface area contributed by atoms with Gasteiger partial charge in [0, 0.05) is 51.7 Å². The van der Waals surface area contributed by atoms with Gasteiger partial charge >= 0.3 is 5.97 Å². The normalized spacial score (nSPS) is 11.2. The zero-order valence-electron chi connectivity index (χ0n) is 24.0. The lowest BCUT2D eigenvalue weighted by molar-refractivity contribution is -0.137. The first-order valence-corrected chi connectivity index (χ1v) is 17.8. The van der Waals surface area contributed by atoms with Crippen molar-refractivity contribution in [3.63, 3.8) is 0 Å². The van der Waals surface area contributed by atoms with Gasteiger partial charge in [-0.25, -0.2) is 0 Å². The third kappa shape index (κ3) is 27.1. The van der Waals surface area contributed by atoms with Crippen molar-refractivity contribution in [2.24, 2.45) is 0 Å². The summed E-state index contributed by atoms with van der Waals surface area (Å²) < 4.78 is 11.0. The first-order chi connectivity index (χ1) is 19.3. The van der Waals surface area contributed by atoms with Crippen LogP contribution < -0.4 is 5.32 Å². The molecule has 0 heterocycles. The van der Waals surface area contributed by atoms with Gasteiger partial charge in [0.25, 0.3) is 0 Å². The van der Waals surface area contributed by atoms with E-state index in [1.807, 2.05) is 0 Å². The van der Waals surface area contributed by atoms with E-state index in [9.17, 15) is 24.0 Å². The van der Waals surface area contributed by atoms with Gasteiger partial charge in [-0.1, -0.05) is 47.8 Å². The summed E-state index contributed by atoms with van der Waals surface area (Å²) in [4.78, 5) is 59.4. The van der Waals surface area contributed by atoms with E-state index >= 15 is 0 Å². The molecule has 2 amide bonds. The number of hydrogen-bond acceptors (Lipinski definition) is 7. The molecule has 13 heteroatoms. The highest BCUT2D eigenvalue weighted by molar-refractivity contribution is 8.11. The fourth-order valence-electron chi connectivity index (χ4n) is 3.82. The molecule has 0 radical (unpaired) electrons. The minimum absolute atomic E-state index is 0.00921. The molecule has 0 aliphatic heterocycles. The number of rotatable bonds is 29. The predicted octanol–water partition coefficient (Wildman–Crippen LogP) is 4.30. The third-order valence-corrected chi connectivity index (χ3v) is 8.00. The Morgan fingerprint density at radius 1 is 0.675 bits per heavy atom. The van der Waals surface area contributed by atoms with Crippen LogP contribution in [0, 0.1) is 0 Å². The highest BCUT2D eigenvalue weighted by Crippen LogP contribution is 2.22. The number of unbranched alkanes of at least 4 members (excludes halogenated alkanes) is 8. The minimum Gasteiger partial charge on any atom is -0.481 e. The van der Waals surface area contributed by atoms with E-state index in [0.717, 1.165) is 51.4 Å². The van der Waals surface area contributed by atoms with Crippen LogP contribution in [0.4, 0.5) is 0 Å². The number of nitrogens with zero attached hydrogens (tertiary/aromatic N) is 1. The topological polar surface area (TPSA) is 139 Å². The molecule has 0 saturated heterocycles. The molecule has 232 valence electrons. The minimum atomic E-state index is -0.728. The van der Waals surface area contributed by atoms with E-state index in [2.05, 4.69) is 23.5 Å². The van der Waals surface area contributed by atoms with Crippen LogP contribution in [0.5, 0.6) is 0 Å². The Kier molecular flexibility index (Phi) is 27.4. The summed E-state index contributed by atoms with van der Waals surface area (Å²) in [7, 11) is 4.72. The number of hydrogen-bond donors (Lipinski definition) is 2. The summed E-state index contributed by atoms with van der Waals surface area (Å²) in [5, 5.41) is 11.5. The fourth-order valence-corrected chi connectivity index (χ4v) is 4.62. The van der Waals surface area contributed by atoms with Gasteiger partial charge in [-0.3, -0.25) is 24.0 Å². The van der Waals surface area contributed by atoms with Crippen molar-refractivity contribution in [2.75, 3.05) is 46.1 Å². The SMILES string of the molecule is O=C(O)CCCCCCCCCCC(=O)NCCCCC(=O)N(CCOCCC(=O)P)CCOCCC(=O)PP. The molecule has 0 aromatic rings. The van der Waals surface area contributed by atoms with E-state index in [1.54, 1.807) is 4.90 Å². The number of carboxylic acid groups (broad SMARTS) is 1. The van der Waals surface area contributed by atoms with Crippen LogP contribution in [-0.2, 0) is 33.4 Å². The van der Waals surface area contributed by atoms with Crippen molar-refractivity contribution < 1.29 is 38.6 Å². The standard InChI is InChI=1S/C27H51N2O8P3/c30-23(11-7-5-3-1-2-4-6-8-13-25(32)33)28-16-10-9-12-24(31)29(17-21-36-19-14-26(34)38)18-22-37-20-15-27(35)40-39/h40H,1-22,38-39H2,(H,28,30)(H,32,33). The summed E-state index contributed by atoms with van der Waals surface area (Å²) in [6.07, 6.45) is 11.2. The lowest BCUT2D eigenvalue weighted by atomic mass is 10.1. The van der Waals surface area contributed by atoms with Crippen LogP contribution in [0.1, 0.15) is 96.3 Å². The molecule has 0 spiro atoms. The van der Waals surface area contributed by atoms with Crippen molar-refractivity contribution in [3.8, 4) is 0 Å². The summed E-state index contributed by atoms with van der Waals surface area (Å²) in [6.45, 7) is 2.68. The van der Waals surface area contributed by atoms with Crippen molar-refractivity contribution in [3.05, 3.63) is 0 Å². The summed E-state index contributed by atoms with van der Waals surface area (Å²) in [5.41, 5.74) is 0.118. The van der Waals surface area contributed by atoms with Gasteiger partial charge in [0.05, 0.1) is 26.4 Å². The van der Waals surface area contributed by atoms with Crippen molar-refractivity contribution in [2.45, 2.75) is 96.3 Å². The smallest absolute Gasteiger partial charge is 0.303 e. The zero-order chi connectivity index (χ0) is 29.8. The average Bonchev–Trinajstić information content (AvgIpc) is 2.91. The van der Waals surface area contributed by atoms with Crippen molar-refractivity contribution in [1.29, 1.82) is 0 Å². The van der Waals surface area contributed by atoms with Crippen LogP contribution in [0.25, 0.3) is 0 Å². The molecule has 10 nitrogen and oxygen atoms in total. The second kappa shape index (κ2) is 28.1. The van der Waals surface area contributed by atoms with Gasteiger partial charge in [-0.2, -0.15) is 0 Å². The maximum absolute atomic E-state index is 12.7. The Bertz CT molecular complexity index is 728. The molecule has 3 atom stereocenters. The van der Waals surface area contributed by atoms with Gasteiger partial charge in [0.15, 0.2) is 11.0 Å². The van der Waals surface area contributed by atoms with Gasteiger partial charge in [0.1, 0.15) is 0 Å². The number of carbonyl (C=O) groups is 5. The molecular formula is C27H51N2O8P3. The summed E-state index contributed by atoms with van der Waals surface area (Å²) >= 11 is 0. The van der Waals surface area contributed by atoms with Crippen LogP contribution >= 0.6 is 26.4 Å². The number of carboxylic acids is 1. The van der Waals surface area contributed by atoms with Crippen LogP contribution in [0.15, 0.2) is 0 Å². The Morgan fingerprint density at radius 3 is 1.75 bits per heavy atom. The lowest BCUT2D eigenvalue weighted by Gasteiger charge is -2.23. The zero-order valence-corrected chi connectivity index (χ0v) is 27.3. The van der Waals surface area contributed by atoms with Crippen LogP contribution in [0.3, 0.4) is 0 Å². The molecule has 40 heavy (non-hydrogen) atoms. The molecule has 0 fully saturated rings. The largest absolute Gasteiger partial charge is 0.481 e. The van der Waals surface area contributed by atoms with Crippen LogP contribution in [-0.4, -0.2) is 84.9 Å². The molecule has 0 aromatic heterocycles. The monoisotopic (exact) mass is 624 g/mol. The molecule has 0 aliphatic rings. The first kappa shape index (κ1) is 39.0. The highest BCUT2D eigenvalue weighted by Gasteiger charge is 2.13. The second-order valence-electron chi connectivity index (χ2n) is 9.67. The van der Waals surface area contributed by atoms with Crippen molar-refractivity contribution in [1.82, 2.24) is 10.2 Å². The second-order valence-corrected chi connectivity index (χ2v) is 12.0. The first-order valence-electron chi connectivity index (χ1n) is 14.5. The van der Waals surface area contributed by atoms with E-state index in [-0.39, 0.29) is 37.6 Å². The Labute approximate surface area is 246 Å². The molecule has 0 saturated carbocycles. The van der Waals surface area contributed by atoms with E-state index in [0.29, 0.717) is 84.6 Å². The quantitative estimate of drug-likeness (QED) is 0.0928. The highest BCUT2D eigenvalue weighted by atomic mass is 32.0. The van der Waals surface area contributed by atoms with E-state index in [4.69, 9.17) is 14.6 Å². The van der Waals surface area contributed by atoms with Gasteiger partial charge in [0.2, 0.25) is 11.8 Å². The molecule has 2 N–H and O–H groups in total. The maximum Gasteiger partial charge on any atom is 0.303 e. The molecular weight excluding hydrogens is 573 g/mol. The molecule has 0 bridgehead atoms. The Balaban J connectivity index is 4.00. The number of aliphatic carboxylic acids is 1. The van der Waals surface area contributed by atoms with Gasteiger partial charge < -0.3 is 24.8 Å². The Hall–Kier alpha value is -1.04. The van der Waals surface area contributed by atoms with Crippen LogP contribution in [0.2, 0.25) is 0 Å². The maximum atomic E-state index is 12.7. The average molecular weight is 625 g/mol. The lowest BCUT2D eigenvalue weighted by Crippen LogP contribution is -2.37. The van der Waals surface area contributed by atoms with E-state index in [1.165, 1.54) is 0 Å². The molecule has 3 unspecified atom stereocenters. The van der Waals surface area contributed by atoms with E-state index < -0.39 is 5.97 Å². The summed E-state index contributed by atoms with van der Waals surface area (Å²) in [5.74, 6) is -0.695. The number of carbonyl (C=O) groups excluding carboxylic acids is 4. The number of nitrogens with one attached hydrogen (secondary N) is 1.